The van der Waals surface area contributed by atoms with Gasteiger partial charge < -0.3 is 4.74 Å². The topological polar surface area (TPSA) is 52.1 Å². The van der Waals surface area contributed by atoms with E-state index < -0.39 is 5.97 Å². The lowest BCUT2D eigenvalue weighted by molar-refractivity contribution is 0.0593. The van der Waals surface area contributed by atoms with E-state index in [2.05, 4.69) is 14.7 Å². The molecule has 0 radical (unpaired) electrons. The van der Waals surface area contributed by atoms with Crippen LogP contribution < -0.4 is 0 Å². The van der Waals surface area contributed by atoms with Crippen molar-refractivity contribution in [1.82, 2.24) is 9.97 Å². The van der Waals surface area contributed by atoms with E-state index in [1.165, 1.54) is 18.2 Å². The summed E-state index contributed by atoms with van der Waals surface area (Å²) in [6, 6.07) is 7.92. The second kappa shape index (κ2) is 5.64. The molecule has 5 heteroatoms. The molecule has 0 amide bonds. The van der Waals surface area contributed by atoms with Crippen molar-refractivity contribution in [3.05, 3.63) is 42.4 Å². The van der Waals surface area contributed by atoms with Crippen LogP contribution in [0.1, 0.15) is 10.5 Å². The summed E-state index contributed by atoms with van der Waals surface area (Å²) < 4.78 is 4.62. The van der Waals surface area contributed by atoms with Crippen LogP contribution in [0.3, 0.4) is 0 Å². The number of aromatic nitrogens is 2. The molecule has 2 rings (SSSR count). The molecule has 0 aliphatic rings. The summed E-state index contributed by atoms with van der Waals surface area (Å²) in [6.45, 7) is 0. The van der Waals surface area contributed by atoms with Gasteiger partial charge in [-0.3, -0.25) is 4.98 Å². The molecular weight excluding hydrogens is 248 g/mol. The Labute approximate surface area is 109 Å². The zero-order chi connectivity index (χ0) is 13.0. The van der Waals surface area contributed by atoms with Crippen LogP contribution in [0.2, 0.25) is 0 Å². The van der Waals surface area contributed by atoms with E-state index in [0.29, 0.717) is 5.69 Å². The SMILES string of the molecule is COC(=O)c1cncc(-c2ccc(SC)cc2)n1. The molecule has 18 heavy (non-hydrogen) atoms. The number of carbonyl (C=O) groups excluding carboxylic acids is 1. The molecule has 1 heterocycles. The van der Waals surface area contributed by atoms with Crippen LogP contribution in [0.25, 0.3) is 11.3 Å². The molecule has 0 atom stereocenters. The summed E-state index contributed by atoms with van der Waals surface area (Å²) in [5.41, 5.74) is 1.79. The number of benzene rings is 1. The van der Waals surface area contributed by atoms with Crippen molar-refractivity contribution < 1.29 is 9.53 Å². The Kier molecular flexibility index (Phi) is 3.94. The van der Waals surface area contributed by atoms with Crippen molar-refractivity contribution in [1.29, 1.82) is 0 Å². The third-order valence-electron chi connectivity index (χ3n) is 2.41. The number of rotatable bonds is 3. The minimum atomic E-state index is -0.481. The molecule has 0 saturated carbocycles. The van der Waals surface area contributed by atoms with Crippen molar-refractivity contribution in [2.75, 3.05) is 13.4 Å². The number of thioether (sulfide) groups is 1. The fraction of sp³-hybridized carbons (Fsp3) is 0.154. The van der Waals surface area contributed by atoms with Gasteiger partial charge in [0.15, 0.2) is 5.69 Å². The lowest BCUT2D eigenvalue weighted by Gasteiger charge is -2.03. The van der Waals surface area contributed by atoms with E-state index in [4.69, 9.17) is 0 Å². The Morgan fingerprint density at radius 3 is 2.56 bits per heavy atom. The first kappa shape index (κ1) is 12.6. The molecule has 1 aromatic carbocycles. The molecule has 2 aromatic rings. The number of carbonyl (C=O) groups is 1. The van der Waals surface area contributed by atoms with Gasteiger partial charge in [0.2, 0.25) is 0 Å². The quantitative estimate of drug-likeness (QED) is 0.627. The first-order valence-corrected chi connectivity index (χ1v) is 6.52. The van der Waals surface area contributed by atoms with Crippen LogP contribution in [-0.2, 0) is 4.74 Å². The van der Waals surface area contributed by atoms with Gasteiger partial charge in [-0.2, -0.15) is 0 Å². The maximum atomic E-state index is 11.4. The Hall–Kier alpha value is -1.88. The maximum absolute atomic E-state index is 11.4. The standard InChI is InChI=1S/C13H12N2O2S/c1-17-13(16)12-8-14-7-11(15-12)9-3-5-10(18-2)6-4-9/h3-8H,1-2H3. The van der Waals surface area contributed by atoms with Crippen LogP contribution in [0.4, 0.5) is 0 Å². The predicted molar refractivity (Wildman–Crippen MR) is 70.6 cm³/mol. The average molecular weight is 260 g/mol. The van der Waals surface area contributed by atoms with Crippen LogP contribution in [0, 0.1) is 0 Å². The van der Waals surface area contributed by atoms with Crippen molar-refractivity contribution in [3.8, 4) is 11.3 Å². The van der Waals surface area contributed by atoms with Gasteiger partial charge in [0.25, 0.3) is 0 Å². The fourth-order valence-corrected chi connectivity index (χ4v) is 1.88. The smallest absolute Gasteiger partial charge is 0.358 e. The average Bonchev–Trinajstić information content (AvgIpc) is 2.46. The maximum Gasteiger partial charge on any atom is 0.358 e. The first-order valence-electron chi connectivity index (χ1n) is 5.29. The lowest BCUT2D eigenvalue weighted by Crippen LogP contribution is -2.05. The number of nitrogens with zero attached hydrogens (tertiary/aromatic N) is 2. The Morgan fingerprint density at radius 1 is 1.22 bits per heavy atom. The van der Waals surface area contributed by atoms with Crippen LogP contribution >= 0.6 is 11.8 Å². The molecule has 0 N–H and O–H groups in total. The third kappa shape index (κ3) is 2.68. The molecule has 4 nitrogen and oxygen atoms in total. The minimum Gasteiger partial charge on any atom is -0.464 e. The van der Waals surface area contributed by atoms with Gasteiger partial charge in [-0.25, -0.2) is 9.78 Å². The molecule has 0 aliphatic carbocycles. The highest BCUT2D eigenvalue weighted by molar-refractivity contribution is 7.98. The first-order chi connectivity index (χ1) is 8.74. The summed E-state index contributed by atoms with van der Waals surface area (Å²) in [5.74, 6) is -0.481. The zero-order valence-electron chi connectivity index (χ0n) is 10.1. The molecule has 0 bridgehead atoms. The lowest BCUT2D eigenvalue weighted by atomic mass is 10.1. The van der Waals surface area contributed by atoms with E-state index in [-0.39, 0.29) is 5.69 Å². The normalized spacial score (nSPS) is 10.1. The highest BCUT2D eigenvalue weighted by Gasteiger charge is 2.09. The van der Waals surface area contributed by atoms with Gasteiger partial charge in [0.1, 0.15) is 0 Å². The fourth-order valence-electron chi connectivity index (χ4n) is 1.47. The number of methoxy groups -OCH3 is 1. The minimum absolute atomic E-state index is 0.212. The van der Waals surface area contributed by atoms with Gasteiger partial charge in [0.05, 0.1) is 25.2 Å². The van der Waals surface area contributed by atoms with Gasteiger partial charge >= 0.3 is 5.97 Å². The van der Waals surface area contributed by atoms with Crippen molar-refractivity contribution in [2.24, 2.45) is 0 Å². The summed E-state index contributed by atoms with van der Waals surface area (Å²) in [7, 11) is 1.32. The molecule has 92 valence electrons. The Balaban J connectivity index is 2.35. The highest BCUT2D eigenvalue weighted by atomic mass is 32.2. The number of hydrogen-bond donors (Lipinski definition) is 0. The van der Waals surface area contributed by atoms with Gasteiger partial charge in [-0.15, -0.1) is 11.8 Å². The number of hydrogen-bond acceptors (Lipinski definition) is 5. The molecular formula is C13H12N2O2S. The second-order valence-electron chi connectivity index (χ2n) is 3.51. The number of ether oxygens (including phenoxy) is 1. The van der Waals surface area contributed by atoms with Crippen LogP contribution in [0.15, 0.2) is 41.6 Å². The third-order valence-corrected chi connectivity index (χ3v) is 3.16. The Morgan fingerprint density at radius 2 is 1.94 bits per heavy atom. The van der Waals surface area contributed by atoms with Gasteiger partial charge in [-0.1, -0.05) is 12.1 Å². The summed E-state index contributed by atoms with van der Waals surface area (Å²) in [6.07, 6.45) is 5.04. The van der Waals surface area contributed by atoms with Gasteiger partial charge in [-0.05, 0) is 18.4 Å². The molecule has 0 saturated heterocycles. The van der Waals surface area contributed by atoms with Crippen LogP contribution in [-0.4, -0.2) is 29.3 Å². The van der Waals surface area contributed by atoms with Gasteiger partial charge in [0, 0.05) is 10.5 Å². The zero-order valence-corrected chi connectivity index (χ0v) is 10.9. The van der Waals surface area contributed by atoms with Crippen molar-refractivity contribution >= 4 is 17.7 Å². The molecule has 0 unspecified atom stereocenters. The summed E-state index contributed by atoms with van der Waals surface area (Å²) in [4.78, 5) is 20.8. The van der Waals surface area contributed by atoms with E-state index in [0.717, 1.165) is 5.56 Å². The van der Waals surface area contributed by atoms with Crippen molar-refractivity contribution in [2.45, 2.75) is 4.90 Å². The molecule has 1 aromatic heterocycles. The monoisotopic (exact) mass is 260 g/mol. The van der Waals surface area contributed by atoms with Crippen molar-refractivity contribution in [3.63, 3.8) is 0 Å². The van der Waals surface area contributed by atoms with E-state index in [9.17, 15) is 4.79 Å². The van der Waals surface area contributed by atoms with E-state index in [1.807, 2.05) is 30.5 Å². The van der Waals surface area contributed by atoms with Crippen LogP contribution in [0.5, 0.6) is 0 Å². The predicted octanol–water partition coefficient (Wildman–Crippen LogP) is 2.65. The largest absolute Gasteiger partial charge is 0.464 e. The molecule has 0 fully saturated rings. The second-order valence-corrected chi connectivity index (χ2v) is 4.39. The molecule has 0 spiro atoms. The van der Waals surface area contributed by atoms with E-state index in [1.54, 1.807) is 18.0 Å². The Bertz CT molecular complexity index is 555. The summed E-state index contributed by atoms with van der Waals surface area (Å²) in [5, 5.41) is 0. The highest BCUT2D eigenvalue weighted by Crippen LogP contribution is 2.21. The number of esters is 1. The summed E-state index contributed by atoms with van der Waals surface area (Å²) >= 11 is 1.67. The molecule has 0 aliphatic heterocycles. The van der Waals surface area contributed by atoms with E-state index >= 15 is 0 Å².